The van der Waals surface area contributed by atoms with Crippen LogP contribution in [0.4, 0.5) is 0 Å². The lowest BCUT2D eigenvalue weighted by molar-refractivity contribution is -0.130. The summed E-state index contributed by atoms with van der Waals surface area (Å²) in [6.07, 6.45) is 0.0334. The molecule has 0 aromatic carbocycles. The molecule has 1 aliphatic heterocycles. The molecule has 12 heavy (non-hydrogen) atoms. The number of aliphatic hydroxyl groups excluding tert-OH is 1. The van der Waals surface area contributed by atoms with E-state index in [0.29, 0.717) is 26.1 Å². The van der Waals surface area contributed by atoms with Gasteiger partial charge < -0.3 is 15.7 Å². The van der Waals surface area contributed by atoms with Gasteiger partial charge in [0.1, 0.15) is 0 Å². The SMILES string of the molecule is CC1CN(C(=O)CCN)CC1O. The molecule has 4 nitrogen and oxygen atoms in total. The van der Waals surface area contributed by atoms with Gasteiger partial charge in [-0.25, -0.2) is 0 Å². The minimum atomic E-state index is -0.355. The first-order valence-corrected chi connectivity index (χ1v) is 4.31. The van der Waals surface area contributed by atoms with Crippen molar-refractivity contribution in [3.05, 3.63) is 0 Å². The Bertz CT molecular complexity index is 162. The van der Waals surface area contributed by atoms with Crippen LogP contribution in [0.1, 0.15) is 13.3 Å². The Morgan fingerprint density at radius 1 is 1.67 bits per heavy atom. The van der Waals surface area contributed by atoms with Gasteiger partial charge in [-0.2, -0.15) is 0 Å². The molecule has 2 unspecified atom stereocenters. The predicted molar refractivity (Wildman–Crippen MR) is 45.4 cm³/mol. The maximum absolute atomic E-state index is 11.3. The highest BCUT2D eigenvalue weighted by Crippen LogP contribution is 2.16. The van der Waals surface area contributed by atoms with Crippen molar-refractivity contribution in [1.82, 2.24) is 4.90 Å². The van der Waals surface area contributed by atoms with Crippen molar-refractivity contribution in [3.8, 4) is 0 Å². The van der Waals surface area contributed by atoms with E-state index in [1.165, 1.54) is 0 Å². The summed E-state index contributed by atoms with van der Waals surface area (Å²) >= 11 is 0. The fourth-order valence-electron chi connectivity index (χ4n) is 1.43. The largest absolute Gasteiger partial charge is 0.391 e. The number of carbonyl (C=O) groups excluding carboxylic acids is 1. The second kappa shape index (κ2) is 3.87. The van der Waals surface area contributed by atoms with Crippen molar-refractivity contribution in [2.45, 2.75) is 19.4 Å². The number of nitrogens with zero attached hydrogens (tertiary/aromatic N) is 1. The van der Waals surface area contributed by atoms with Crippen molar-refractivity contribution in [2.75, 3.05) is 19.6 Å². The number of aliphatic hydroxyl groups is 1. The number of rotatable bonds is 2. The maximum Gasteiger partial charge on any atom is 0.223 e. The zero-order valence-electron chi connectivity index (χ0n) is 7.36. The van der Waals surface area contributed by atoms with E-state index in [1.807, 2.05) is 6.92 Å². The smallest absolute Gasteiger partial charge is 0.223 e. The van der Waals surface area contributed by atoms with Crippen LogP contribution in [0.3, 0.4) is 0 Å². The van der Waals surface area contributed by atoms with E-state index in [4.69, 9.17) is 5.73 Å². The van der Waals surface area contributed by atoms with Gasteiger partial charge in [0.15, 0.2) is 0 Å². The fourth-order valence-corrected chi connectivity index (χ4v) is 1.43. The van der Waals surface area contributed by atoms with Gasteiger partial charge in [0.25, 0.3) is 0 Å². The van der Waals surface area contributed by atoms with Crippen molar-refractivity contribution < 1.29 is 9.90 Å². The first-order valence-electron chi connectivity index (χ1n) is 4.31. The van der Waals surface area contributed by atoms with Crippen molar-refractivity contribution >= 4 is 5.91 Å². The number of carbonyl (C=O) groups is 1. The molecule has 1 aliphatic rings. The van der Waals surface area contributed by atoms with Crippen LogP contribution in [0.2, 0.25) is 0 Å². The van der Waals surface area contributed by atoms with Crippen LogP contribution in [-0.2, 0) is 4.79 Å². The van der Waals surface area contributed by atoms with Crippen LogP contribution in [-0.4, -0.2) is 41.7 Å². The van der Waals surface area contributed by atoms with Gasteiger partial charge in [0, 0.05) is 32.0 Å². The fraction of sp³-hybridized carbons (Fsp3) is 0.875. The summed E-state index contributed by atoms with van der Waals surface area (Å²) in [5, 5.41) is 9.36. The Labute approximate surface area is 72.3 Å². The molecule has 4 heteroatoms. The number of likely N-dealkylation sites (tertiary alicyclic amines) is 1. The lowest BCUT2D eigenvalue weighted by Gasteiger charge is -2.14. The molecule has 70 valence electrons. The quantitative estimate of drug-likeness (QED) is 0.571. The summed E-state index contributed by atoms with van der Waals surface area (Å²) in [5.74, 6) is 0.257. The third-order valence-corrected chi connectivity index (χ3v) is 2.28. The average Bonchev–Trinajstić information content (AvgIpc) is 2.33. The van der Waals surface area contributed by atoms with Crippen molar-refractivity contribution in [1.29, 1.82) is 0 Å². The molecular formula is C8H16N2O2. The highest BCUT2D eigenvalue weighted by Gasteiger charge is 2.30. The molecular weight excluding hydrogens is 156 g/mol. The van der Waals surface area contributed by atoms with E-state index in [-0.39, 0.29) is 17.9 Å². The standard InChI is InChI=1S/C8H16N2O2/c1-6-4-10(5-7(6)11)8(12)2-3-9/h6-7,11H,2-5,9H2,1H3. The van der Waals surface area contributed by atoms with Gasteiger partial charge in [0.05, 0.1) is 6.10 Å². The Kier molecular flexibility index (Phi) is 3.05. The highest BCUT2D eigenvalue weighted by atomic mass is 16.3. The molecule has 1 rings (SSSR count). The van der Waals surface area contributed by atoms with Crippen molar-refractivity contribution in [3.63, 3.8) is 0 Å². The first-order chi connectivity index (χ1) is 5.65. The van der Waals surface area contributed by atoms with Crippen LogP contribution in [0.25, 0.3) is 0 Å². The molecule has 3 N–H and O–H groups in total. The summed E-state index contributed by atoms with van der Waals surface area (Å²) < 4.78 is 0. The number of hydrogen-bond acceptors (Lipinski definition) is 3. The molecule has 1 saturated heterocycles. The zero-order chi connectivity index (χ0) is 9.14. The summed E-state index contributed by atoms with van der Waals surface area (Å²) in [7, 11) is 0. The van der Waals surface area contributed by atoms with E-state index in [9.17, 15) is 9.90 Å². The van der Waals surface area contributed by atoms with Gasteiger partial charge in [-0.05, 0) is 0 Å². The van der Waals surface area contributed by atoms with Crippen LogP contribution in [0, 0.1) is 5.92 Å². The summed E-state index contributed by atoms with van der Waals surface area (Å²) in [4.78, 5) is 13.0. The Hall–Kier alpha value is -0.610. The van der Waals surface area contributed by atoms with E-state index in [2.05, 4.69) is 0 Å². The molecule has 0 radical (unpaired) electrons. The molecule has 1 fully saturated rings. The number of nitrogens with two attached hydrogens (primary N) is 1. The van der Waals surface area contributed by atoms with Gasteiger partial charge in [0.2, 0.25) is 5.91 Å². The third-order valence-electron chi connectivity index (χ3n) is 2.28. The normalized spacial score (nSPS) is 29.4. The summed E-state index contributed by atoms with van der Waals surface area (Å²) in [6.45, 7) is 3.47. The molecule has 0 spiro atoms. The van der Waals surface area contributed by atoms with Crippen LogP contribution in [0.5, 0.6) is 0 Å². The topological polar surface area (TPSA) is 66.6 Å². The Morgan fingerprint density at radius 3 is 2.75 bits per heavy atom. The van der Waals surface area contributed by atoms with E-state index in [0.717, 1.165) is 0 Å². The van der Waals surface area contributed by atoms with E-state index < -0.39 is 0 Å². The minimum absolute atomic E-state index is 0.0564. The lowest BCUT2D eigenvalue weighted by Crippen LogP contribution is -2.30. The van der Waals surface area contributed by atoms with Gasteiger partial charge in [-0.15, -0.1) is 0 Å². The lowest BCUT2D eigenvalue weighted by atomic mass is 10.1. The Balaban J connectivity index is 2.40. The van der Waals surface area contributed by atoms with Crippen LogP contribution in [0.15, 0.2) is 0 Å². The maximum atomic E-state index is 11.3. The van der Waals surface area contributed by atoms with E-state index >= 15 is 0 Å². The Morgan fingerprint density at radius 2 is 2.33 bits per heavy atom. The molecule has 0 saturated carbocycles. The number of amides is 1. The minimum Gasteiger partial charge on any atom is -0.391 e. The van der Waals surface area contributed by atoms with E-state index in [1.54, 1.807) is 4.90 Å². The van der Waals surface area contributed by atoms with Gasteiger partial charge >= 0.3 is 0 Å². The molecule has 1 amide bonds. The first kappa shape index (κ1) is 9.48. The zero-order valence-corrected chi connectivity index (χ0v) is 7.36. The predicted octanol–water partition coefficient (Wildman–Crippen LogP) is -0.826. The highest BCUT2D eigenvalue weighted by molar-refractivity contribution is 5.76. The number of β-amino-alcohol motifs (C(OH)–C–C–N with tert-alkyl or cyclic N) is 1. The van der Waals surface area contributed by atoms with Crippen LogP contribution >= 0.6 is 0 Å². The van der Waals surface area contributed by atoms with Gasteiger partial charge in [-0.1, -0.05) is 6.92 Å². The summed E-state index contributed by atoms with van der Waals surface area (Å²) in [5.41, 5.74) is 5.26. The molecule has 0 aliphatic carbocycles. The average molecular weight is 172 g/mol. The second-order valence-electron chi connectivity index (χ2n) is 3.38. The molecule has 0 aromatic heterocycles. The molecule has 0 aromatic rings. The molecule has 2 atom stereocenters. The summed E-state index contributed by atoms with van der Waals surface area (Å²) in [6, 6.07) is 0. The second-order valence-corrected chi connectivity index (χ2v) is 3.38. The van der Waals surface area contributed by atoms with Crippen molar-refractivity contribution in [2.24, 2.45) is 11.7 Å². The molecule has 1 heterocycles. The number of hydrogen-bond donors (Lipinski definition) is 2. The monoisotopic (exact) mass is 172 g/mol. The molecule has 0 bridgehead atoms. The third kappa shape index (κ3) is 1.95. The van der Waals surface area contributed by atoms with Crippen LogP contribution < -0.4 is 5.73 Å². The van der Waals surface area contributed by atoms with Gasteiger partial charge in [-0.3, -0.25) is 4.79 Å².